The first-order chi connectivity index (χ1) is 7.77. The summed E-state index contributed by atoms with van der Waals surface area (Å²) < 4.78 is 13.4. The van der Waals surface area contributed by atoms with Crippen LogP contribution < -0.4 is 0 Å². The predicted molar refractivity (Wildman–Crippen MR) is 69.7 cm³/mol. The first-order valence-corrected chi connectivity index (χ1v) is 7.58. The van der Waals surface area contributed by atoms with E-state index in [1.54, 1.807) is 23.9 Å². The second-order valence-electron chi connectivity index (χ2n) is 3.85. The van der Waals surface area contributed by atoms with Gasteiger partial charge in [-0.2, -0.15) is 23.5 Å². The van der Waals surface area contributed by atoms with Gasteiger partial charge in [-0.05, 0) is 11.6 Å². The second kappa shape index (κ2) is 5.94. The van der Waals surface area contributed by atoms with Crippen molar-refractivity contribution in [2.24, 2.45) is 0 Å². The van der Waals surface area contributed by atoms with Crippen molar-refractivity contribution in [2.75, 3.05) is 17.3 Å². The van der Waals surface area contributed by atoms with E-state index < -0.39 is 6.10 Å². The van der Waals surface area contributed by atoms with Gasteiger partial charge in [0.25, 0.3) is 0 Å². The van der Waals surface area contributed by atoms with Crippen molar-refractivity contribution < 1.29 is 9.50 Å². The van der Waals surface area contributed by atoms with Gasteiger partial charge >= 0.3 is 0 Å². The molecule has 0 radical (unpaired) electrons. The summed E-state index contributed by atoms with van der Waals surface area (Å²) in [5, 5.41) is 10.3. The third-order valence-corrected chi connectivity index (χ3v) is 5.56. The van der Waals surface area contributed by atoms with Crippen LogP contribution in [0.2, 0.25) is 0 Å². The van der Waals surface area contributed by atoms with Gasteiger partial charge in [-0.1, -0.05) is 18.2 Å². The molecule has 0 bridgehead atoms. The molecule has 1 N–H and O–H groups in total. The van der Waals surface area contributed by atoms with Crippen LogP contribution in [-0.2, 0) is 6.42 Å². The summed E-state index contributed by atoms with van der Waals surface area (Å²) in [5.41, 5.74) is 0.617. The van der Waals surface area contributed by atoms with Gasteiger partial charge in [0.05, 0.1) is 6.10 Å². The van der Waals surface area contributed by atoms with E-state index in [1.807, 2.05) is 17.8 Å². The molecule has 1 fully saturated rings. The van der Waals surface area contributed by atoms with Gasteiger partial charge in [-0.15, -0.1) is 0 Å². The van der Waals surface area contributed by atoms with Gasteiger partial charge in [0.1, 0.15) is 5.82 Å². The molecule has 2 atom stereocenters. The number of aliphatic hydroxyl groups is 1. The van der Waals surface area contributed by atoms with E-state index in [-0.39, 0.29) is 11.1 Å². The molecule has 4 heteroatoms. The summed E-state index contributed by atoms with van der Waals surface area (Å²) in [6, 6.07) is 6.69. The molecule has 0 amide bonds. The average molecular weight is 258 g/mol. The van der Waals surface area contributed by atoms with Crippen LogP contribution in [0.4, 0.5) is 4.39 Å². The Hall–Kier alpha value is -0.190. The Bertz CT molecular complexity index is 340. The molecule has 1 heterocycles. The fourth-order valence-corrected chi connectivity index (χ4v) is 4.52. The Morgan fingerprint density at radius 1 is 1.38 bits per heavy atom. The van der Waals surface area contributed by atoms with E-state index >= 15 is 0 Å². The molecule has 2 rings (SSSR count). The third kappa shape index (κ3) is 3.15. The fourth-order valence-electron chi connectivity index (χ4n) is 1.75. The van der Waals surface area contributed by atoms with Crippen molar-refractivity contribution in [1.82, 2.24) is 0 Å². The first kappa shape index (κ1) is 12.3. The Labute approximate surface area is 104 Å². The second-order valence-corrected chi connectivity index (χ2v) is 6.34. The number of hydrogen-bond acceptors (Lipinski definition) is 3. The zero-order chi connectivity index (χ0) is 11.4. The van der Waals surface area contributed by atoms with Crippen LogP contribution in [0.15, 0.2) is 24.3 Å². The molecule has 1 nitrogen and oxygen atoms in total. The maximum absolute atomic E-state index is 13.4. The van der Waals surface area contributed by atoms with Crippen molar-refractivity contribution >= 4 is 23.5 Å². The standard InChI is InChI=1S/C12H15FOS2/c13-10-4-2-1-3-9(10)7-11(14)12-8-15-5-6-16-12/h1-4,11-12,14H,5-8H2. The van der Waals surface area contributed by atoms with Crippen molar-refractivity contribution in [1.29, 1.82) is 0 Å². The van der Waals surface area contributed by atoms with Gasteiger partial charge in [0, 0.05) is 28.9 Å². The highest BCUT2D eigenvalue weighted by Gasteiger charge is 2.23. The molecule has 0 aromatic heterocycles. The molecule has 88 valence electrons. The van der Waals surface area contributed by atoms with Gasteiger partial charge in [0.2, 0.25) is 0 Å². The van der Waals surface area contributed by atoms with E-state index in [0.29, 0.717) is 12.0 Å². The van der Waals surface area contributed by atoms with Crippen LogP contribution in [0.1, 0.15) is 5.56 Å². The third-order valence-electron chi connectivity index (χ3n) is 2.66. The largest absolute Gasteiger partial charge is 0.392 e. The zero-order valence-electron chi connectivity index (χ0n) is 8.93. The van der Waals surface area contributed by atoms with Gasteiger partial charge in [-0.3, -0.25) is 0 Å². The SMILES string of the molecule is OC(Cc1ccccc1F)C1CSCCS1. The van der Waals surface area contributed by atoms with Crippen LogP contribution in [-0.4, -0.2) is 33.7 Å². The number of thioether (sulfide) groups is 2. The van der Waals surface area contributed by atoms with Crippen LogP contribution in [0.25, 0.3) is 0 Å². The minimum Gasteiger partial charge on any atom is -0.392 e. The lowest BCUT2D eigenvalue weighted by Gasteiger charge is -2.25. The molecule has 0 aliphatic carbocycles. The van der Waals surface area contributed by atoms with E-state index in [1.165, 1.54) is 6.07 Å². The number of halogens is 1. The van der Waals surface area contributed by atoms with E-state index in [9.17, 15) is 9.50 Å². The summed E-state index contributed by atoms with van der Waals surface area (Å²) in [5.74, 6) is 3.01. The molecule has 1 aliphatic heterocycles. The topological polar surface area (TPSA) is 20.2 Å². The maximum atomic E-state index is 13.4. The zero-order valence-corrected chi connectivity index (χ0v) is 10.6. The van der Waals surface area contributed by atoms with Crippen LogP contribution in [0.3, 0.4) is 0 Å². The lowest BCUT2D eigenvalue weighted by molar-refractivity contribution is 0.176. The van der Waals surface area contributed by atoms with Gasteiger partial charge in [0.15, 0.2) is 0 Å². The van der Waals surface area contributed by atoms with Crippen molar-refractivity contribution in [3.05, 3.63) is 35.6 Å². The summed E-state index contributed by atoms with van der Waals surface area (Å²) in [6.45, 7) is 0. The Balaban J connectivity index is 1.96. The lowest BCUT2D eigenvalue weighted by atomic mass is 10.1. The molecule has 2 unspecified atom stereocenters. The summed E-state index contributed by atoms with van der Waals surface area (Å²) in [4.78, 5) is 0. The Morgan fingerprint density at radius 3 is 2.88 bits per heavy atom. The molecule has 0 saturated carbocycles. The van der Waals surface area contributed by atoms with E-state index in [2.05, 4.69) is 0 Å². The normalized spacial score (nSPS) is 23.0. The highest BCUT2D eigenvalue weighted by atomic mass is 32.2. The quantitative estimate of drug-likeness (QED) is 0.900. The predicted octanol–water partition coefficient (Wildman–Crippen LogP) is 2.58. The van der Waals surface area contributed by atoms with Crippen LogP contribution >= 0.6 is 23.5 Å². The molecule has 1 aromatic carbocycles. The molecular formula is C12H15FOS2. The number of benzene rings is 1. The molecule has 0 spiro atoms. The molecule has 1 aromatic rings. The maximum Gasteiger partial charge on any atom is 0.126 e. The molecule has 1 aliphatic rings. The molecular weight excluding hydrogens is 243 g/mol. The van der Waals surface area contributed by atoms with Crippen LogP contribution in [0.5, 0.6) is 0 Å². The Morgan fingerprint density at radius 2 is 2.19 bits per heavy atom. The van der Waals surface area contributed by atoms with E-state index in [0.717, 1.165) is 17.3 Å². The number of aliphatic hydroxyl groups excluding tert-OH is 1. The molecule has 16 heavy (non-hydrogen) atoms. The monoisotopic (exact) mass is 258 g/mol. The highest BCUT2D eigenvalue weighted by Crippen LogP contribution is 2.28. The van der Waals surface area contributed by atoms with Gasteiger partial charge < -0.3 is 5.11 Å². The minimum absolute atomic E-state index is 0.213. The van der Waals surface area contributed by atoms with Crippen LogP contribution in [0, 0.1) is 5.82 Å². The summed E-state index contributed by atoms with van der Waals surface area (Å²) >= 11 is 3.67. The number of hydrogen-bond donors (Lipinski definition) is 1. The van der Waals surface area contributed by atoms with Crippen molar-refractivity contribution in [2.45, 2.75) is 17.8 Å². The first-order valence-electron chi connectivity index (χ1n) is 5.38. The number of rotatable bonds is 3. The van der Waals surface area contributed by atoms with E-state index in [4.69, 9.17) is 0 Å². The average Bonchev–Trinajstić information content (AvgIpc) is 2.33. The summed E-state index contributed by atoms with van der Waals surface area (Å²) in [6.07, 6.45) is -0.0139. The summed E-state index contributed by atoms with van der Waals surface area (Å²) in [7, 11) is 0. The molecule has 1 saturated heterocycles. The smallest absolute Gasteiger partial charge is 0.126 e. The van der Waals surface area contributed by atoms with Gasteiger partial charge in [-0.25, -0.2) is 4.39 Å². The fraction of sp³-hybridized carbons (Fsp3) is 0.500. The highest BCUT2D eigenvalue weighted by molar-refractivity contribution is 8.06. The minimum atomic E-state index is -0.435. The Kier molecular flexibility index (Phi) is 4.55. The lowest BCUT2D eigenvalue weighted by Crippen LogP contribution is -2.30. The van der Waals surface area contributed by atoms with Crippen molar-refractivity contribution in [3.63, 3.8) is 0 Å². The van der Waals surface area contributed by atoms with Crippen molar-refractivity contribution in [3.8, 4) is 0 Å².